The van der Waals surface area contributed by atoms with Gasteiger partial charge in [-0.25, -0.2) is 4.79 Å². The number of rotatable bonds is 18. The first kappa shape index (κ1) is 37.4. The summed E-state index contributed by atoms with van der Waals surface area (Å²) in [7, 11) is 0. The van der Waals surface area contributed by atoms with Crippen LogP contribution in [0.25, 0.3) is 0 Å². The first-order valence-corrected chi connectivity index (χ1v) is 16.1. The van der Waals surface area contributed by atoms with Crippen molar-refractivity contribution in [1.82, 2.24) is 0 Å². The maximum atomic E-state index is 11.4. The van der Waals surface area contributed by atoms with E-state index < -0.39 is 24.1 Å². The second-order valence-corrected chi connectivity index (χ2v) is 11.1. The Morgan fingerprint density at radius 3 is 2.48 bits per heavy atom. The van der Waals surface area contributed by atoms with Gasteiger partial charge in [0.05, 0.1) is 18.8 Å². The van der Waals surface area contributed by atoms with Crippen LogP contribution in [0, 0.1) is 0 Å². The molecule has 3 aromatic carbocycles. The Hall–Kier alpha value is -5.01. The van der Waals surface area contributed by atoms with Gasteiger partial charge in [-0.15, -0.1) is 0 Å². The van der Waals surface area contributed by atoms with Gasteiger partial charge in [-0.1, -0.05) is 36.4 Å². The van der Waals surface area contributed by atoms with Crippen molar-refractivity contribution in [1.29, 1.82) is 0 Å². The maximum Gasteiger partial charge on any atom is 0.333 e. The molecular weight excluding hydrogens is 616 g/mol. The number of carboxylic acids is 2. The number of aliphatic imine (C=N–C) groups is 1. The van der Waals surface area contributed by atoms with Gasteiger partial charge >= 0.3 is 11.9 Å². The number of nitrogens with zero attached hydrogens (tertiary/aromatic N) is 2. The lowest BCUT2D eigenvalue weighted by atomic mass is 10.1. The third-order valence-electron chi connectivity index (χ3n) is 7.36. The highest BCUT2D eigenvalue weighted by molar-refractivity contribution is 5.75. The third kappa shape index (κ3) is 13.4. The zero-order chi connectivity index (χ0) is 34.7. The Balaban J connectivity index is 0.000000444. The van der Waals surface area contributed by atoms with Crippen LogP contribution in [0.4, 0.5) is 11.4 Å². The van der Waals surface area contributed by atoms with Crippen LogP contribution >= 0.6 is 0 Å². The molecule has 1 heterocycles. The van der Waals surface area contributed by atoms with Crippen LogP contribution in [-0.4, -0.2) is 79.7 Å². The van der Waals surface area contributed by atoms with Crippen molar-refractivity contribution >= 4 is 29.3 Å². The van der Waals surface area contributed by atoms with E-state index in [0.29, 0.717) is 52.2 Å². The quantitative estimate of drug-likeness (QED) is 0.0657. The first-order chi connectivity index (χ1) is 23.2. The number of hydrogen-bond donors (Lipinski definition) is 6. The zero-order valence-corrected chi connectivity index (χ0v) is 27.4. The number of nitrogens with one attached hydrogen (secondary N) is 1. The van der Waals surface area contributed by atoms with Crippen LogP contribution < -0.4 is 36.9 Å². The lowest BCUT2D eigenvalue weighted by Crippen LogP contribution is -2.34. The molecule has 0 spiro atoms. The highest BCUT2D eigenvalue weighted by Gasteiger charge is 2.18. The van der Waals surface area contributed by atoms with E-state index in [1.165, 1.54) is 0 Å². The molecule has 2 atom stereocenters. The average Bonchev–Trinajstić information content (AvgIpc) is 3.08. The van der Waals surface area contributed by atoms with E-state index in [1.807, 2.05) is 54.6 Å². The molecule has 4 rings (SSSR count). The van der Waals surface area contributed by atoms with E-state index in [-0.39, 0.29) is 5.96 Å². The van der Waals surface area contributed by atoms with E-state index in [2.05, 4.69) is 33.4 Å². The van der Waals surface area contributed by atoms with Gasteiger partial charge in [-0.3, -0.25) is 9.79 Å². The molecule has 0 radical (unpaired) electrons. The molecule has 1 aliphatic heterocycles. The summed E-state index contributed by atoms with van der Waals surface area (Å²) < 4.78 is 17.0. The Labute approximate surface area is 281 Å². The molecule has 0 fully saturated rings. The Kier molecular flexibility index (Phi) is 15.8. The van der Waals surface area contributed by atoms with Crippen LogP contribution in [0.5, 0.6) is 11.5 Å². The van der Waals surface area contributed by atoms with E-state index in [0.717, 1.165) is 53.5 Å². The summed E-state index contributed by atoms with van der Waals surface area (Å²) in [4.78, 5) is 27.6. The van der Waals surface area contributed by atoms with E-state index in [4.69, 9.17) is 36.5 Å². The minimum absolute atomic E-state index is 0.0129. The molecule has 9 N–H and O–H groups in total. The number of carboxylic acid groups (broad SMARTS) is 2. The number of nitrogens with two attached hydrogens (primary N) is 3. The summed E-state index contributed by atoms with van der Waals surface area (Å²) in [5, 5.41) is 21.1. The molecule has 0 aliphatic carbocycles. The average molecular weight is 665 g/mol. The Bertz CT molecular complexity index is 1450. The zero-order valence-electron chi connectivity index (χ0n) is 27.4. The smallest absolute Gasteiger partial charge is 0.333 e. The number of benzene rings is 3. The normalized spacial score (nSPS) is 13.1. The van der Waals surface area contributed by atoms with E-state index in [1.54, 1.807) is 6.92 Å². The SMILES string of the molecule is CCOC(Cc1cccc(NCc2ccc(OCCCN3CCOc4ccccc43)cc2)c1)C(=O)O.NC(N)=NCCCC(N)C(=O)O. The predicted octanol–water partition coefficient (Wildman–Crippen LogP) is 3.45. The fraction of sp³-hybridized carbons (Fsp3) is 0.400. The van der Waals surface area contributed by atoms with Crippen LogP contribution in [0.1, 0.15) is 37.3 Å². The molecule has 0 saturated carbocycles. The Morgan fingerprint density at radius 1 is 1.00 bits per heavy atom. The van der Waals surface area contributed by atoms with E-state index in [9.17, 15) is 14.7 Å². The van der Waals surface area contributed by atoms with Crippen molar-refractivity contribution in [2.45, 2.75) is 51.3 Å². The highest BCUT2D eigenvalue weighted by Crippen LogP contribution is 2.30. The molecule has 0 saturated heterocycles. The van der Waals surface area contributed by atoms with Crippen molar-refractivity contribution in [3.05, 3.63) is 83.9 Å². The lowest BCUT2D eigenvalue weighted by Gasteiger charge is -2.31. The molecule has 2 unspecified atom stereocenters. The van der Waals surface area contributed by atoms with Crippen molar-refractivity contribution in [2.75, 3.05) is 49.7 Å². The summed E-state index contributed by atoms with van der Waals surface area (Å²) in [6.07, 6.45) is 1.39. The molecule has 13 nitrogen and oxygen atoms in total. The van der Waals surface area contributed by atoms with Crippen LogP contribution in [-0.2, 0) is 27.3 Å². The van der Waals surface area contributed by atoms with Gasteiger partial charge in [0.2, 0.25) is 0 Å². The molecule has 1 aliphatic rings. The number of fused-ring (bicyclic) bond motifs is 1. The monoisotopic (exact) mass is 664 g/mol. The standard InChI is InChI=1S/C29H34N2O5.C6H14N4O2/c1-2-34-28(29(32)33)20-23-7-5-8-24(19-23)30-21-22-11-13-25(14-12-22)35-17-6-15-31-16-18-36-27-10-4-3-9-26(27)31;7-4(5(11)12)2-1-3-10-6(8)9/h3-5,7-14,19,28,30H,2,6,15-18,20-21H2,1H3,(H,32,33);4H,1-3,7H2,(H,11,12)(H4,8,9,10). The minimum atomic E-state index is -1.00. The molecule has 13 heteroatoms. The van der Waals surface area contributed by atoms with Crippen molar-refractivity contribution in [2.24, 2.45) is 22.2 Å². The lowest BCUT2D eigenvalue weighted by molar-refractivity contribution is -0.150. The van der Waals surface area contributed by atoms with Gasteiger partial charge in [-0.2, -0.15) is 0 Å². The van der Waals surface area contributed by atoms with Crippen LogP contribution in [0.15, 0.2) is 77.8 Å². The molecule has 0 aromatic heterocycles. The third-order valence-corrected chi connectivity index (χ3v) is 7.36. The van der Waals surface area contributed by atoms with Crippen molar-refractivity contribution in [3.8, 4) is 11.5 Å². The second-order valence-electron chi connectivity index (χ2n) is 11.1. The molecule has 0 bridgehead atoms. The minimum Gasteiger partial charge on any atom is -0.494 e. The molecule has 3 aromatic rings. The van der Waals surface area contributed by atoms with E-state index >= 15 is 0 Å². The van der Waals surface area contributed by atoms with Gasteiger partial charge < -0.3 is 51.8 Å². The number of aliphatic carboxylic acids is 2. The number of anilines is 2. The highest BCUT2D eigenvalue weighted by atomic mass is 16.5. The molecular formula is C35H48N6O7. The fourth-order valence-electron chi connectivity index (χ4n) is 4.90. The van der Waals surface area contributed by atoms with Crippen LogP contribution in [0.2, 0.25) is 0 Å². The number of hydrogen-bond acceptors (Lipinski definition) is 9. The van der Waals surface area contributed by atoms with Gasteiger partial charge in [0.15, 0.2) is 12.1 Å². The summed E-state index contributed by atoms with van der Waals surface area (Å²) >= 11 is 0. The summed E-state index contributed by atoms with van der Waals surface area (Å²) in [5.74, 6) is -0.114. The first-order valence-electron chi connectivity index (χ1n) is 16.1. The number of carbonyl (C=O) groups is 2. The molecule has 0 amide bonds. The van der Waals surface area contributed by atoms with Gasteiger partial charge in [0.1, 0.15) is 24.1 Å². The van der Waals surface area contributed by atoms with Gasteiger partial charge in [0.25, 0.3) is 0 Å². The Morgan fingerprint density at radius 2 is 1.77 bits per heavy atom. The number of ether oxygens (including phenoxy) is 3. The van der Waals surface area contributed by atoms with Crippen molar-refractivity contribution in [3.63, 3.8) is 0 Å². The second kappa shape index (κ2) is 20.3. The van der Waals surface area contributed by atoms with Gasteiger partial charge in [0, 0.05) is 38.3 Å². The largest absolute Gasteiger partial charge is 0.494 e. The maximum absolute atomic E-state index is 11.4. The fourth-order valence-corrected chi connectivity index (χ4v) is 4.90. The van der Waals surface area contributed by atoms with Crippen molar-refractivity contribution < 1.29 is 34.0 Å². The predicted molar refractivity (Wildman–Crippen MR) is 187 cm³/mol. The van der Waals surface area contributed by atoms with Gasteiger partial charge in [-0.05, 0) is 73.7 Å². The summed E-state index contributed by atoms with van der Waals surface area (Å²) in [6.45, 7) is 6.45. The number of guanidine groups is 1. The van der Waals surface area contributed by atoms with Crippen LogP contribution in [0.3, 0.4) is 0 Å². The number of para-hydroxylation sites is 2. The topological polar surface area (TPSA) is 208 Å². The molecule has 260 valence electrons. The molecule has 48 heavy (non-hydrogen) atoms. The summed E-state index contributed by atoms with van der Waals surface area (Å²) in [5.41, 5.74) is 19.5. The summed E-state index contributed by atoms with van der Waals surface area (Å²) in [6, 6.07) is 23.2.